The fourth-order valence-electron chi connectivity index (χ4n) is 3.00. The first kappa shape index (κ1) is 19.7. The molecular formula is C26H26OSi. The average Bonchev–Trinajstić information content (AvgIpc) is 2.71. The molecule has 3 aromatic carbocycles. The molecular weight excluding hydrogens is 356 g/mol. The third-order valence-electron chi connectivity index (χ3n) is 4.31. The highest BCUT2D eigenvalue weighted by molar-refractivity contribution is 6.81. The summed E-state index contributed by atoms with van der Waals surface area (Å²) in [6.07, 6.45) is 0. The van der Waals surface area contributed by atoms with Crippen molar-refractivity contribution in [2.45, 2.75) is 19.6 Å². The van der Waals surface area contributed by atoms with Crippen LogP contribution in [0.2, 0.25) is 19.6 Å². The number of methoxy groups -OCH3 is 1. The first-order chi connectivity index (χ1) is 13.5. The minimum absolute atomic E-state index is 0.802. The lowest BCUT2D eigenvalue weighted by molar-refractivity contribution is 0.413. The highest BCUT2D eigenvalue weighted by Crippen LogP contribution is 2.26. The Morgan fingerprint density at radius 3 is 2.00 bits per heavy atom. The first-order valence-electron chi connectivity index (χ1n) is 9.50. The molecule has 0 aliphatic carbocycles. The molecule has 0 aliphatic heterocycles. The van der Waals surface area contributed by atoms with E-state index in [-0.39, 0.29) is 0 Å². The summed E-state index contributed by atoms with van der Waals surface area (Å²) in [5.41, 5.74) is 8.17. The third-order valence-corrected chi connectivity index (χ3v) is 5.46. The molecule has 0 fully saturated rings. The normalized spacial score (nSPS) is 11.5. The summed E-state index contributed by atoms with van der Waals surface area (Å²) in [5, 5.41) is 0. The molecule has 1 nitrogen and oxygen atoms in total. The summed E-state index contributed by atoms with van der Waals surface area (Å²) in [4.78, 5) is 0. The molecule has 2 heteroatoms. The van der Waals surface area contributed by atoms with Crippen LogP contribution in [0.4, 0.5) is 0 Å². The fourth-order valence-corrected chi connectivity index (χ4v) is 4.20. The minimum Gasteiger partial charge on any atom is -0.495 e. The van der Waals surface area contributed by atoms with Crippen LogP contribution in [-0.2, 0) is 0 Å². The molecule has 0 aliphatic rings. The van der Waals surface area contributed by atoms with Crippen LogP contribution in [0.25, 0.3) is 5.57 Å². The number of hydrogen-bond acceptors (Lipinski definition) is 1. The highest BCUT2D eigenvalue weighted by atomic mass is 28.3. The summed E-state index contributed by atoms with van der Waals surface area (Å²) < 4.78 is 5.37. The molecule has 0 saturated carbocycles. The van der Waals surface area contributed by atoms with Crippen LogP contribution in [-0.4, -0.2) is 15.2 Å². The van der Waals surface area contributed by atoms with E-state index in [1.807, 2.05) is 24.3 Å². The lowest BCUT2D eigenvalue weighted by Crippen LogP contribution is -2.17. The van der Waals surface area contributed by atoms with Crippen LogP contribution in [0, 0.1) is 11.8 Å². The Bertz CT molecular complexity index is 1010. The first-order valence-corrected chi connectivity index (χ1v) is 13.1. The molecule has 0 atom stereocenters. The fraction of sp³-hybridized carbons (Fsp3) is 0.154. The van der Waals surface area contributed by atoms with Gasteiger partial charge in [-0.1, -0.05) is 91.8 Å². The lowest BCUT2D eigenvalue weighted by atomic mass is 9.98. The summed E-state index contributed by atoms with van der Waals surface area (Å²) >= 11 is 0. The molecule has 140 valence electrons. The average molecular weight is 383 g/mol. The Balaban J connectivity index is 1.93. The summed E-state index contributed by atoms with van der Waals surface area (Å²) in [6.45, 7) is 7.09. The van der Waals surface area contributed by atoms with Crippen molar-refractivity contribution in [3.05, 3.63) is 107 Å². The van der Waals surface area contributed by atoms with Gasteiger partial charge in [0.1, 0.15) is 5.75 Å². The molecule has 0 saturated heterocycles. The van der Waals surface area contributed by atoms with Crippen LogP contribution < -0.4 is 4.74 Å². The topological polar surface area (TPSA) is 9.23 Å². The molecule has 28 heavy (non-hydrogen) atoms. The van der Waals surface area contributed by atoms with Gasteiger partial charge in [-0.05, 0) is 41.0 Å². The van der Waals surface area contributed by atoms with E-state index in [4.69, 9.17) is 4.74 Å². The molecule has 0 N–H and O–H groups in total. The van der Waals surface area contributed by atoms with E-state index in [0.29, 0.717) is 0 Å². The lowest BCUT2D eigenvalue weighted by Gasteiger charge is -2.16. The summed E-state index contributed by atoms with van der Waals surface area (Å²) in [5.74, 6) is 7.27. The van der Waals surface area contributed by atoms with E-state index in [2.05, 4.69) is 91.8 Å². The second kappa shape index (κ2) is 8.78. The summed E-state index contributed by atoms with van der Waals surface area (Å²) in [7, 11) is 0.299. The van der Waals surface area contributed by atoms with Gasteiger partial charge in [-0.2, -0.15) is 0 Å². The monoisotopic (exact) mass is 382 g/mol. The van der Waals surface area contributed by atoms with Crippen LogP contribution in [0.5, 0.6) is 5.75 Å². The van der Waals surface area contributed by atoms with Crippen LogP contribution >= 0.6 is 0 Å². The molecule has 0 radical (unpaired) electrons. The Morgan fingerprint density at radius 1 is 0.750 bits per heavy atom. The molecule has 3 aromatic rings. The van der Waals surface area contributed by atoms with Gasteiger partial charge >= 0.3 is 0 Å². The van der Waals surface area contributed by atoms with Gasteiger partial charge in [0.25, 0.3) is 0 Å². The minimum atomic E-state index is -1.37. The highest BCUT2D eigenvalue weighted by Gasteiger charge is 2.13. The zero-order chi connectivity index (χ0) is 20.0. The maximum Gasteiger partial charge on any atom is 0.134 e. The van der Waals surface area contributed by atoms with Crippen molar-refractivity contribution in [1.29, 1.82) is 0 Å². The van der Waals surface area contributed by atoms with Gasteiger partial charge in [0, 0.05) is 5.56 Å². The number of rotatable bonds is 4. The van der Waals surface area contributed by atoms with Gasteiger partial charge in [0.05, 0.1) is 20.7 Å². The molecule has 3 rings (SSSR count). The maximum atomic E-state index is 5.37. The molecule has 0 bridgehead atoms. The van der Waals surface area contributed by atoms with E-state index < -0.39 is 8.07 Å². The molecule has 0 unspecified atom stereocenters. The standard InChI is InChI=1S/C26H26OSi/c1-27-26-13-9-8-12-24(26)19-16-21-14-17-23(18-15-21)25(20-28(2,3)4)22-10-6-5-7-11-22/h5-15,17-18,20H,1-4H3/b25-20-. The Hall–Kier alpha value is -3.02. The van der Waals surface area contributed by atoms with E-state index in [1.165, 1.54) is 16.7 Å². The predicted octanol–water partition coefficient (Wildman–Crippen LogP) is 6.40. The molecule has 0 heterocycles. The largest absolute Gasteiger partial charge is 0.495 e. The van der Waals surface area contributed by atoms with Gasteiger partial charge < -0.3 is 4.74 Å². The van der Waals surface area contributed by atoms with Crippen LogP contribution in [0.1, 0.15) is 22.3 Å². The van der Waals surface area contributed by atoms with Crippen molar-refractivity contribution in [3.63, 3.8) is 0 Å². The maximum absolute atomic E-state index is 5.37. The van der Waals surface area contributed by atoms with Crippen molar-refractivity contribution < 1.29 is 4.74 Å². The SMILES string of the molecule is COc1ccccc1C#Cc1ccc(/C(=C\[Si](C)(C)C)c2ccccc2)cc1. The third kappa shape index (κ3) is 5.25. The van der Waals surface area contributed by atoms with E-state index in [1.54, 1.807) is 7.11 Å². The van der Waals surface area contributed by atoms with Gasteiger partial charge in [0.15, 0.2) is 0 Å². The van der Waals surface area contributed by atoms with Crippen LogP contribution in [0.15, 0.2) is 84.6 Å². The van der Waals surface area contributed by atoms with Crippen molar-refractivity contribution in [2.75, 3.05) is 7.11 Å². The Labute approximate surface area is 169 Å². The number of ether oxygens (including phenoxy) is 1. The quantitative estimate of drug-likeness (QED) is 0.374. The zero-order valence-corrected chi connectivity index (χ0v) is 18.0. The Kier molecular flexibility index (Phi) is 6.18. The molecule has 0 amide bonds. The number of hydrogen-bond donors (Lipinski definition) is 0. The van der Waals surface area contributed by atoms with E-state index in [0.717, 1.165) is 16.9 Å². The number of benzene rings is 3. The van der Waals surface area contributed by atoms with Crippen molar-refractivity contribution in [1.82, 2.24) is 0 Å². The zero-order valence-electron chi connectivity index (χ0n) is 17.0. The molecule has 0 aromatic heterocycles. The predicted molar refractivity (Wildman–Crippen MR) is 122 cm³/mol. The van der Waals surface area contributed by atoms with Crippen molar-refractivity contribution in [2.24, 2.45) is 0 Å². The second-order valence-corrected chi connectivity index (χ2v) is 12.8. The number of para-hydroxylation sites is 1. The van der Waals surface area contributed by atoms with Gasteiger partial charge in [-0.3, -0.25) is 0 Å². The van der Waals surface area contributed by atoms with Gasteiger partial charge in [0.2, 0.25) is 0 Å². The van der Waals surface area contributed by atoms with Gasteiger partial charge in [-0.25, -0.2) is 0 Å². The van der Waals surface area contributed by atoms with E-state index in [9.17, 15) is 0 Å². The smallest absolute Gasteiger partial charge is 0.134 e. The summed E-state index contributed by atoms with van der Waals surface area (Å²) in [6, 6.07) is 27.0. The van der Waals surface area contributed by atoms with Crippen molar-refractivity contribution >= 4 is 13.6 Å². The van der Waals surface area contributed by atoms with Crippen molar-refractivity contribution in [3.8, 4) is 17.6 Å². The Morgan fingerprint density at radius 2 is 1.36 bits per heavy atom. The van der Waals surface area contributed by atoms with Gasteiger partial charge in [-0.15, -0.1) is 0 Å². The molecule has 0 spiro atoms. The van der Waals surface area contributed by atoms with Crippen LogP contribution in [0.3, 0.4) is 0 Å². The van der Waals surface area contributed by atoms with E-state index >= 15 is 0 Å². The second-order valence-electron chi connectivity index (χ2n) is 7.82.